The molecule has 0 aromatic heterocycles. The van der Waals surface area contributed by atoms with Gasteiger partial charge in [-0.05, 0) is 23.4 Å². The van der Waals surface area contributed by atoms with E-state index in [4.69, 9.17) is 5.26 Å². The number of hydrogen-bond donors (Lipinski definition) is 1. The van der Waals surface area contributed by atoms with E-state index in [9.17, 15) is 9.70 Å². The Kier molecular flexibility index (Phi) is 2.92. The Morgan fingerprint density at radius 3 is 2.79 bits per heavy atom. The second-order valence-corrected chi connectivity index (χ2v) is 2.51. The van der Waals surface area contributed by atoms with Crippen molar-refractivity contribution in [2.24, 2.45) is 5.18 Å². The average Bonchev–Trinajstić information content (AvgIpc) is 2.26. The largest absolute Gasteiger partial charge is 0.355 e. The van der Waals surface area contributed by atoms with E-state index in [1.807, 2.05) is 0 Å². The van der Waals surface area contributed by atoms with E-state index in [1.54, 1.807) is 6.07 Å². The summed E-state index contributed by atoms with van der Waals surface area (Å²) in [5, 5.41) is 13.7. The minimum Gasteiger partial charge on any atom is -0.355 e. The van der Waals surface area contributed by atoms with Crippen LogP contribution in [0.5, 0.6) is 0 Å². The number of carbonyl (C=O) groups is 1. The molecule has 0 atom stereocenters. The summed E-state index contributed by atoms with van der Waals surface area (Å²) in [5.74, 6) is -0.320. The molecular formula is C9H7N3O2. The highest BCUT2D eigenvalue weighted by molar-refractivity contribution is 5.95. The van der Waals surface area contributed by atoms with Crippen LogP contribution in [0.1, 0.15) is 15.9 Å². The van der Waals surface area contributed by atoms with Gasteiger partial charge in [-0.1, -0.05) is 0 Å². The van der Waals surface area contributed by atoms with Gasteiger partial charge in [-0.2, -0.15) is 5.26 Å². The first-order chi connectivity index (χ1) is 6.72. The molecule has 1 N–H and O–H groups in total. The molecule has 0 unspecified atom stereocenters. The minimum atomic E-state index is -0.320. The molecule has 5 nitrogen and oxygen atoms in total. The summed E-state index contributed by atoms with van der Waals surface area (Å²) < 4.78 is 0. The summed E-state index contributed by atoms with van der Waals surface area (Å²) in [6.07, 6.45) is 0. The normalized spacial score (nSPS) is 8.86. The maximum atomic E-state index is 11.1. The average molecular weight is 189 g/mol. The van der Waals surface area contributed by atoms with Gasteiger partial charge in [0.2, 0.25) is 0 Å². The number of nitrogens with zero attached hydrogens (tertiary/aromatic N) is 2. The molecule has 0 aliphatic rings. The van der Waals surface area contributed by atoms with E-state index in [0.717, 1.165) is 0 Å². The van der Waals surface area contributed by atoms with Crippen LogP contribution in [-0.4, -0.2) is 13.0 Å². The maximum Gasteiger partial charge on any atom is 0.251 e. The molecule has 0 saturated heterocycles. The summed E-state index contributed by atoms with van der Waals surface area (Å²) in [4.78, 5) is 21.5. The van der Waals surface area contributed by atoms with Crippen molar-refractivity contribution in [3.8, 4) is 6.07 Å². The predicted octanol–water partition coefficient (Wildman–Crippen LogP) is 1.32. The minimum absolute atomic E-state index is 0.0198. The molecule has 1 aromatic rings. The quantitative estimate of drug-likeness (QED) is 0.712. The van der Waals surface area contributed by atoms with Gasteiger partial charge in [0.1, 0.15) is 11.8 Å². The number of carbonyl (C=O) groups excluding carboxylic acids is 1. The number of hydrogen-bond acceptors (Lipinski definition) is 4. The molecule has 1 rings (SSSR count). The first kappa shape index (κ1) is 9.86. The number of nitroso groups, excluding NO2 is 1. The van der Waals surface area contributed by atoms with Crippen LogP contribution in [-0.2, 0) is 0 Å². The van der Waals surface area contributed by atoms with E-state index < -0.39 is 0 Å². The first-order valence-electron chi connectivity index (χ1n) is 3.82. The molecule has 5 heteroatoms. The van der Waals surface area contributed by atoms with Gasteiger partial charge in [0.05, 0.1) is 5.56 Å². The van der Waals surface area contributed by atoms with Crippen molar-refractivity contribution in [2.45, 2.75) is 0 Å². The highest BCUT2D eigenvalue weighted by Gasteiger charge is 2.08. The molecule has 0 saturated carbocycles. The van der Waals surface area contributed by atoms with Crippen molar-refractivity contribution in [3.05, 3.63) is 34.2 Å². The van der Waals surface area contributed by atoms with Crippen LogP contribution in [0, 0.1) is 16.2 Å². The molecule has 14 heavy (non-hydrogen) atoms. The van der Waals surface area contributed by atoms with Crippen LogP contribution in [0.3, 0.4) is 0 Å². The van der Waals surface area contributed by atoms with Gasteiger partial charge >= 0.3 is 0 Å². The third kappa shape index (κ3) is 1.75. The number of nitrogens with one attached hydrogen (secondary N) is 1. The lowest BCUT2D eigenvalue weighted by atomic mass is 10.1. The monoisotopic (exact) mass is 189 g/mol. The van der Waals surface area contributed by atoms with Gasteiger partial charge in [-0.25, -0.2) is 0 Å². The second-order valence-electron chi connectivity index (χ2n) is 2.51. The molecule has 70 valence electrons. The lowest BCUT2D eigenvalue weighted by Crippen LogP contribution is -2.17. The van der Waals surface area contributed by atoms with E-state index in [-0.39, 0.29) is 17.2 Å². The zero-order chi connectivity index (χ0) is 10.6. The van der Waals surface area contributed by atoms with Crippen LogP contribution < -0.4 is 5.32 Å². The lowest BCUT2D eigenvalue weighted by Gasteiger charge is -2.00. The summed E-state index contributed by atoms with van der Waals surface area (Å²) >= 11 is 0. The Morgan fingerprint density at radius 2 is 2.29 bits per heavy atom. The number of amides is 1. The smallest absolute Gasteiger partial charge is 0.251 e. The topological polar surface area (TPSA) is 82.3 Å². The first-order valence-corrected chi connectivity index (χ1v) is 3.82. The molecule has 1 aromatic carbocycles. The van der Waals surface area contributed by atoms with Crippen LogP contribution in [0.4, 0.5) is 5.69 Å². The van der Waals surface area contributed by atoms with E-state index in [1.165, 1.54) is 25.2 Å². The molecule has 0 aliphatic carbocycles. The standard InChI is InChI=1S/C9H7N3O2/c1-11-9(13)6-2-3-7(5-10)8(4-6)12-14/h2-4H,1H3,(H,11,13). The van der Waals surface area contributed by atoms with Crippen LogP contribution in [0.2, 0.25) is 0 Å². The van der Waals surface area contributed by atoms with Crippen molar-refractivity contribution in [2.75, 3.05) is 7.05 Å². The van der Waals surface area contributed by atoms with Crippen molar-refractivity contribution >= 4 is 11.6 Å². The van der Waals surface area contributed by atoms with Gasteiger partial charge in [0.15, 0.2) is 0 Å². The zero-order valence-corrected chi connectivity index (χ0v) is 7.44. The molecule has 0 heterocycles. The SMILES string of the molecule is CNC(=O)c1ccc(C#N)c(N=O)c1. The van der Waals surface area contributed by atoms with Crippen molar-refractivity contribution in [3.63, 3.8) is 0 Å². The molecule has 0 radical (unpaired) electrons. The molecule has 0 spiro atoms. The Morgan fingerprint density at radius 1 is 1.57 bits per heavy atom. The summed E-state index contributed by atoms with van der Waals surface area (Å²) in [6.45, 7) is 0. The summed E-state index contributed by atoms with van der Waals surface area (Å²) in [7, 11) is 1.48. The van der Waals surface area contributed by atoms with Gasteiger partial charge in [-0.3, -0.25) is 4.79 Å². The van der Waals surface area contributed by atoms with Crippen molar-refractivity contribution in [1.82, 2.24) is 5.32 Å². The lowest BCUT2D eigenvalue weighted by molar-refractivity contribution is 0.0963. The van der Waals surface area contributed by atoms with Gasteiger partial charge in [0.25, 0.3) is 5.91 Å². The fraction of sp³-hybridized carbons (Fsp3) is 0.111. The van der Waals surface area contributed by atoms with Gasteiger partial charge in [-0.15, -0.1) is 4.91 Å². The number of rotatable bonds is 2. The second kappa shape index (κ2) is 4.14. The highest BCUT2D eigenvalue weighted by atomic mass is 16.3. The predicted molar refractivity (Wildman–Crippen MR) is 50.0 cm³/mol. The number of benzene rings is 1. The molecule has 0 bridgehead atoms. The summed E-state index contributed by atoms with van der Waals surface area (Å²) in [5.41, 5.74) is 0.447. The van der Waals surface area contributed by atoms with Crippen molar-refractivity contribution < 1.29 is 4.79 Å². The number of nitriles is 1. The fourth-order valence-corrected chi connectivity index (χ4v) is 0.987. The van der Waals surface area contributed by atoms with Crippen LogP contribution >= 0.6 is 0 Å². The Bertz CT molecular complexity index is 421. The Hall–Kier alpha value is -2.22. The van der Waals surface area contributed by atoms with Crippen molar-refractivity contribution in [1.29, 1.82) is 5.26 Å². The Labute approximate surface area is 80.3 Å². The van der Waals surface area contributed by atoms with E-state index in [0.29, 0.717) is 5.56 Å². The third-order valence-electron chi connectivity index (χ3n) is 1.71. The van der Waals surface area contributed by atoms with E-state index in [2.05, 4.69) is 10.5 Å². The molecule has 0 fully saturated rings. The summed E-state index contributed by atoms with van der Waals surface area (Å²) in [6, 6.07) is 5.94. The third-order valence-corrected chi connectivity index (χ3v) is 1.71. The fourth-order valence-electron chi connectivity index (χ4n) is 0.987. The van der Waals surface area contributed by atoms with E-state index >= 15 is 0 Å². The van der Waals surface area contributed by atoms with Crippen LogP contribution in [0.25, 0.3) is 0 Å². The van der Waals surface area contributed by atoms with Gasteiger partial charge in [0, 0.05) is 12.6 Å². The van der Waals surface area contributed by atoms with Crippen LogP contribution in [0.15, 0.2) is 23.4 Å². The van der Waals surface area contributed by atoms with Gasteiger partial charge < -0.3 is 5.32 Å². The molecule has 1 amide bonds. The molecule has 0 aliphatic heterocycles. The Balaban J connectivity index is 3.22. The molecular weight excluding hydrogens is 182 g/mol. The zero-order valence-electron chi connectivity index (χ0n) is 7.44. The maximum absolute atomic E-state index is 11.1. The highest BCUT2D eigenvalue weighted by Crippen LogP contribution is 2.19.